The van der Waals surface area contributed by atoms with Gasteiger partial charge in [-0.25, -0.2) is 4.79 Å². The topological polar surface area (TPSA) is 46.6 Å². The second-order valence-corrected chi connectivity index (χ2v) is 9.32. The van der Waals surface area contributed by atoms with Crippen molar-refractivity contribution in [3.05, 3.63) is 144 Å². The zero-order valence-electron chi connectivity index (χ0n) is 23.0. The lowest BCUT2D eigenvalue weighted by molar-refractivity contribution is -0.151. The molecule has 4 nitrogen and oxygen atoms in total. The maximum Gasteiger partial charge on any atom is 0.416 e. The molecule has 0 aromatic heterocycles. The smallest absolute Gasteiger partial charge is 0.416 e. The summed E-state index contributed by atoms with van der Waals surface area (Å²) in [6.07, 6.45) is 5.85. The van der Waals surface area contributed by atoms with Gasteiger partial charge in [-0.1, -0.05) is 97.6 Å². The van der Waals surface area contributed by atoms with Crippen molar-refractivity contribution in [2.75, 3.05) is 7.11 Å². The Labute approximate surface area is 238 Å². The van der Waals surface area contributed by atoms with Gasteiger partial charge in [0.15, 0.2) is 0 Å². The summed E-state index contributed by atoms with van der Waals surface area (Å²) >= 11 is 0. The van der Waals surface area contributed by atoms with Gasteiger partial charge in [0.25, 0.3) is 0 Å². The molecule has 1 atom stereocenters. The molecule has 1 amide bonds. The van der Waals surface area contributed by atoms with Crippen molar-refractivity contribution in [2.24, 2.45) is 0 Å². The number of halogens is 3. The lowest BCUT2D eigenvalue weighted by Gasteiger charge is -2.29. The number of alkyl halides is 3. The molecule has 0 bridgehead atoms. The molecule has 3 aromatic rings. The van der Waals surface area contributed by atoms with Crippen LogP contribution in [-0.2, 0) is 33.5 Å². The van der Waals surface area contributed by atoms with Crippen LogP contribution in [-0.4, -0.2) is 29.9 Å². The van der Waals surface area contributed by atoms with Gasteiger partial charge in [0.2, 0.25) is 5.91 Å². The van der Waals surface area contributed by atoms with Crippen molar-refractivity contribution in [3.8, 4) is 0 Å². The van der Waals surface area contributed by atoms with E-state index < -0.39 is 29.7 Å². The van der Waals surface area contributed by atoms with Crippen LogP contribution >= 0.6 is 0 Å². The van der Waals surface area contributed by atoms with E-state index >= 15 is 0 Å². The molecule has 3 rings (SSSR count). The summed E-state index contributed by atoms with van der Waals surface area (Å²) in [6.45, 7) is 5.76. The van der Waals surface area contributed by atoms with Crippen molar-refractivity contribution in [2.45, 2.75) is 32.1 Å². The maximum absolute atomic E-state index is 13.5. The van der Waals surface area contributed by atoms with Gasteiger partial charge in [0, 0.05) is 19.0 Å². The van der Waals surface area contributed by atoms with Gasteiger partial charge < -0.3 is 9.64 Å². The van der Waals surface area contributed by atoms with Gasteiger partial charge >= 0.3 is 12.1 Å². The third kappa shape index (κ3) is 9.21. The molecule has 0 saturated heterocycles. The number of rotatable bonds is 11. The number of amides is 1. The average Bonchev–Trinajstić information content (AvgIpc) is 2.98. The Balaban J connectivity index is 1.92. The maximum atomic E-state index is 13.5. The molecule has 41 heavy (non-hydrogen) atoms. The van der Waals surface area contributed by atoms with Gasteiger partial charge in [-0.2, -0.15) is 13.2 Å². The van der Waals surface area contributed by atoms with Crippen molar-refractivity contribution < 1.29 is 27.5 Å². The van der Waals surface area contributed by atoms with Crippen molar-refractivity contribution in [3.63, 3.8) is 0 Å². The highest BCUT2D eigenvalue weighted by molar-refractivity contribution is 5.94. The number of benzene rings is 3. The van der Waals surface area contributed by atoms with E-state index in [0.717, 1.165) is 34.4 Å². The van der Waals surface area contributed by atoms with Gasteiger partial charge in [-0.05, 0) is 53.0 Å². The molecule has 0 N–H and O–H groups in total. The van der Waals surface area contributed by atoms with Gasteiger partial charge in [-0.15, -0.1) is 0 Å². The number of nitrogens with zero attached hydrogens (tertiary/aromatic N) is 1. The van der Waals surface area contributed by atoms with Crippen molar-refractivity contribution in [1.82, 2.24) is 4.90 Å². The lowest BCUT2D eigenvalue weighted by atomic mass is 10.0. The molecule has 0 aliphatic carbocycles. The summed E-state index contributed by atoms with van der Waals surface area (Å²) in [5.74, 6) is -1.06. The normalized spacial score (nSPS) is 12.9. The quantitative estimate of drug-likeness (QED) is 0.138. The molecule has 3 aromatic carbocycles. The molecule has 0 heterocycles. The minimum atomic E-state index is -4.45. The van der Waals surface area contributed by atoms with E-state index in [2.05, 4.69) is 6.58 Å². The molecular weight excluding hydrogens is 527 g/mol. The fourth-order valence-corrected chi connectivity index (χ4v) is 4.13. The Morgan fingerprint density at radius 3 is 2.17 bits per heavy atom. The highest BCUT2D eigenvalue weighted by Gasteiger charge is 2.31. The molecule has 0 spiro atoms. The van der Waals surface area contributed by atoms with E-state index in [-0.39, 0.29) is 13.0 Å². The highest BCUT2D eigenvalue weighted by atomic mass is 19.4. The van der Waals surface area contributed by atoms with E-state index in [1.54, 1.807) is 6.08 Å². The van der Waals surface area contributed by atoms with Crippen LogP contribution in [0.5, 0.6) is 0 Å². The zero-order chi connectivity index (χ0) is 29.8. The van der Waals surface area contributed by atoms with E-state index in [1.807, 2.05) is 79.7 Å². The SMILES string of the molecule is C=C/C=C\C=C(/C)c1ccc(CN(C(=O)/C=C/c2ccc(C(F)(F)F)cc2)[C@@H](Cc2ccccc2)C(=O)OC)cc1. The third-order valence-electron chi connectivity index (χ3n) is 6.42. The van der Waals surface area contributed by atoms with Gasteiger partial charge in [-0.3, -0.25) is 4.79 Å². The van der Waals surface area contributed by atoms with Crippen LogP contribution in [0, 0.1) is 0 Å². The predicted molar refractivity (Wildman–Crippen MR) is 156 cm³/mol. The number of hydrogen-bond acceptors (Lipinski definition) is 3. The van der Waals surface area contributed by atoms with Crippen LogP contribution in [0.2, 0.25) is 0 Å². The second kappa shape index (κ2) is 14.7. The number of allylic oxidation sites excluding steroid dienone is 5. The van der Waals surface area contributed by atoms with Crippen molar-refractivity contribution in [1.29, 1.82) is 0 Å². The standard InChI is InChI=1S/C34H32F3NO3/c1-4-5-7-10-25(2)29-18-13-28(14-19-29)24-38(31(33(40)41-3)23-27-11-8-6-9-12-27)32(39)22-17-26-15-20-30(21-16-26)34(35,36)37/h4-22,31H,1,23-24H2,2-3H3/b7-5-,22-17+,25-10+/t31-/m0/s1. The summed E-state index contributed by atoms with van der Waals surface area (Å²) in [4.78, 5) is 27.9. The highest BCUT2D eigenvalue weighted by Crippen LogP contribution is 2.29. The number of hydrogen-bond donors (Lipinski definition) is 0. The molecule has 0 fully saturated rings. The first kappa shape index (κ1) is 30.9. The summed E-state index contributed by atoms with van der Waals surface area (Å²) in [7, 11) is 1.27. The first-order valence-electron chi connectivity index (χ1n) is 13.0. The molecule has 7 heteroatoms. The Morgan fingerprint density at radius 2 is 1.59 bits per heavy atom. The third-order valence-corrected chi connectivity index (χ3v) is 6.42. The first-order chi connectivity index (χ1) is 19.6. The van der Waals surface area contributed by atoms with Crippen LogP contribution in [0.1, 0.15) is 34.7 Å². The molecule has 0 unspecified atom stereocenters. The Morgan fingerprint density at radius 1 is 0.927 bits per heavy atom. The number of esters is 1. The number of carbonyl (C=O) groups excluding carboxylic acids is 2. The summed E-state index contributed by atoms with van der Waals surface area (Å²) in [6, 6.07) is 20.5. The Bertz CT molecular complexity index is 1400. The first-order valence-corrected chi connectivity index (χ1v) is 13.0. The second-order valence-electron chi connectivity index (χ2n) is 9.32. The zero-order valence-corrected chi connectivity index (χ0v) is 23.0. The minimum absolute atomic E-state index is 0.113. The van der Waals surface area contributed by atoms with Crippen LogP contribution < -0.4 is 0 Å². The van der Waals surface area contributed by atoms with Crippen LogP contribution in [0.3, 0.4) is 0 Å². The largest absolute Gasteiger partial charge is 0.467 e. The van der Waals surface area contributed by atoms with E-state index in [0.29, 0.717) is 5.56 Å². The van der Waals surface area contributed by atoms with Gasteiger partial charge in [0.05, 0.1) is 12.7 Å². The Kier molecular flexibility index (Phi) is 11.0. The molecule has 0 radical (unpaired) electrons. The van der Waals surface area contributed by atoms with Crippen molar-refractivity contribution >= 4 is 23.5 Å². The van der Waals surface area contributed by atoms with Gasteiger partial charge in [0.1, 0.15) is 6.04 Å². The monoisotopic (exact) mass is 559 g/mol. The van der Waals surface area contributed by atoms with E-state index in [4.69, 9.17) is 4.74 Å². The predicted octanol–water partition coefficient (Wildman–Crippen LogP) is 7.68. The van der Waals surface area contributed by atoms with E-state index in [9.17, 15) is 22.8 Å². The van der Waals surface area contributed by atoms with E-state index in [1.165, 1.54) is 36.3 Å². The number of carbonyl (C=O) groups is 2. The molecule has 212 valence electrons. The fraction of sp³-hybridized carbons (Fsp3) is 0.176. The lowest BCUT2D eigenvalue weighted by Crippen LogP contribution is -2.46. The van der Waals surface area contributed by atoms with Crippen LogP contribution in [0.15, 0.2) is 116 Å². The van der Waals surface area contributed by atoms with Crippen LogP contribution in [0.25, 0.3) is 11.6 Å². The minimum Gasteiger partial charge on any atom is -0.467 e. The molecule has 0 saturated carbocycles. The molecular formula is C34H32F3NO3. The average molecular weight is 560 g/mol. The molecule has 0 aliphatic heterocycles. The summed E-state index contributed by atoms with van der Waals surface area (Å²) < 4.78 is 43.9. The number of ether oxygens (including phenoxy) is 1. The number of methoxy groups -OCH3 is 1. The summed E-state index contributed by atoms with van der Waals surface area (Å²) in [5, 5.41) is 0. The molecule has 0 aliphatic rings. The fourth-order valence-electron chi connectivity index (χ4n) is 4.13. The van der Waals surface area contributed by atoms with Crippen LogP contribution in [0.4, 0.5) is 13.2 Å². The summed E-state index contributed by atoms with van der Waals surface area (Å²) in [5.41, 5.74) is 3.31. The Hall–Kier alpha value is -4.65.